The number of carbonyl (C=O) groups is 1. The molecular weight excluding hydrogens is 221 g/mol. The molecule has 0 aliphatic heterocycles. The van der Waals surface area contributed by atoms with E-state index in [1.54, 1.807) is 18.2 Å². The Morgan fingerprint density at radius 3 is 2.59 bits per heavy atom. The van der Waals surface area contributed by atoms with Crippen LogP contribution in [0.15, 0.2) is 18.2 Å². The van der Waals surface area contributed by atoms with E-state index in [4.69, 9.17) is 5.11 Å². The second-order valence-electron chi connectivity index (χ2n) is 4.57. The highest BCUT2D eigenvalue weighted by molar-refractivity contribution is 5.67. The summed E-state index contributed by atoms with van der Waals surface area (Å²) in [6.45, 7) is 5.27. The van der Waals surface area contributed by atoms with Crippen molar-refractivity contribution in [3.05, 3.63) is 29.3 Å². The SMILES string of the molecule is Cc1cc(C(C)(C)F)ccc1NCCC(=O)O. The van der Waals surface area contributed by atoms with E-state index in [0.717, 1.165) is 11.3 Å². The third-order valence-corrected chi connectivity index (χ3v) is 2.57. The number of carboxylic acid groups (broad SMARTS) is 1. The Labute approximate surface area is 101 Å². The third-order valence-electron chi connectivity index (χ3n) is 2.57. The highest BCUT2D eigenvalue weighted by atomic mass is 19.1. The zero-order valence-electron chi connectivity index (χ0n) is 10.4. The lowest BCUT2D eigenvalue weighted by molar-refractivity contribution is -0.136. The minimum absolute atomic E-state index is 0.0653. The summed E-state index contributed by atoms with van der Waals surface area (Å²) in [6, 6.07) is 5.28. The lowest BCUT2D eigenvalue weighted by Crippen LogP contribution is -2.11. The Bertz CT molecular complexity index is 410. The van der Waals surface area contributed by atoms with Crippen molar-refractivity contribution < 1.29 is 14.3 Å². The van der Waals surface area contributed by atoms with E-state index in [2.05, 4.69) is 5.32 Å². The lowest BCUT2D eigenvalue weighted by atomic mass is 9.97. The highest BCUT2D eigenvalue weighted by Gasteiger charge is 2.19. The number of aliphatic carboxylic acids is 1. The van der Waals surface area contributed by atoms with Gasteiger partial charge in [0.25, 0.3) is 0 Å². The monoisotopic (exact) mass is 239 g/mol. The second-order valence-corrected chi connectivity index (χ2v) is 4.57. The van der Waals surface area contributed by atoms with Gasteiger partial charge in [-0.1, -0.05) is 12.1 Å². The minimum Gasteiger partial charge on any atom is -0.481 e. The molecule has 0 unspecified atom stereocenters. The maximum absolute atomic E-state index is 13.7. The predicted octanol–water partition coefficient (Wildman–Crippen LogP) is 3.09. The molecule has 0 saturated carbocycles. The molecule has 1 aromatic rings. The van der Waals surface area contributed by atoms with Gasteiger partial charge in [0.05, 0.1) is 6.42 Å². The molecule has 17 heavy (non-hydrogen) atoms. The van der Waals surface area contributed by atoms with Gasteiger partial charge in [-0.05, 0) is 38.0 Å². The van der Waals surface area contributed by atoms with Gasteiger partial charge in [-0.2, -0.15) is 0 Å². The van der Waals surface area contributed by atoms with E-state index in [9.17, 15) is 9.18 Å². The molecule has 0 spiro atoms. The number of anilines is 1. The summed E-state index contributed by atoms with van der Waals surface area (Å²) in [5, 5.41) is 11.5. The maximum Gasteiger partial charge on any atom is 0.305 e. The first kappa shape index (κ1) is 13.5. The van der Waals surface area contributed by atoms with Crippen LogP contribution in [0.4, 0.5) is 10.1 Å². The van der Waals surface area contributed by atoms with Crippen molar-refractivity contribution in [2.75, 3.05) is 11.9 Å². The number of hydrogen-bond acceptors (Lipinski definition) is 2. The van der Waals surface area contributed by atoms with Gasteiger partial charge in [0.15, 0.2) is 0 Å². The fourth-order valence-corrected chi connectivity index (χ4v) is 1.54. The van der Waals surface area contributed by atoms with Crippen molar-refractivity contribution >= 4 is 11.7 Å². The first-order valence-electron chi connectivity index (χ1n) is 5.56. The van der Waals surface area contributed by atoms with Crippen molar-refractivity contribution in [2.45, 2.75) is 32.9 Å². The highest BCUT2D eigenvalue weighted by Crippen LogP contribution is 2.27. The molecule has 0 heterocycles. The van der Waals surface area contributed by atoms with E-state index in [1.165, 1.54) is 13.8 Å². The van der Waals surface area contributed by atoms with E-state index in [-0.39, 0.29) is 6.42 Å². The molecule has 0 aromatic heterocycles. The average molecular weight is 239 g/mol. The summed E-state index contributed by atoms with van der Waals surface area (Å²) >= 11 is 0. The second kappa shape index (κ2) is 5.17. The average Bonchev–Trinajstić information content (AvgIpc) is 2.18. The number of benzene rings is 1. The van der Waals surface area contributed by atoms with Crippen LogP contribution in [0.3, 0.4) is 0 Å². The van der Waals surface area contributed by atoms with Crippen molar-refractivity contribution in [3.63, 3.8) is 0 Å². The summed E-state index contributed by atoms with van der Waals surface area (Å²) in [6.07, 6.45) is 0.0653. The molecule has 4 heteroatoms. The molecule has 0 aliphatic rings. The maximum atomic E-state index is 13.7. The first-order chi connectivity index (χ1) is 7.80. The Kier molecular flexibility index (Phi) is 4.10. The van der Waals surface area contributed by atoms with Crippen molar-refractivity contribution in [2.24, 2.45) is 0 Å². The van der Waals surface area contributed by atoms with Crippen molar-refractivity contribution in [1.29, 1.82) is 0 Å². The Morgan fingerprint density at radius 1 is 1.47 bits per heavy atom. The number of carboxylic acids is 1. The molecule has 0 radical (unpaired) electrons. The van der Waals surface area contributed by atoms with Gasteiger partial charge >= 0.3 is 5.97 Å². The normalized spacial score (nSPS) is 11.3. The Hall–Kier alpha value is -1.58. The zero-order valence-corrected chi connectivity index (χ0v) is 10.4. The fraction of sp³-hybridized carbons (Fsp3) is 0.462. The molecule has 1 rings (SSSR count). The molecule has 3 nitrogen and oxygen atoms in total. The van der Waals surface area contributed by atoms with Gasteiger partial charge in [-0.25, -0.2) is 4.39 Å². The molecule has 0 aliphatic carbocycles. The van der Waals surface area contributed by atoms with Crippen LogP contribution in [0, 0.1) is 6.92 Å². The van der Waals surface area contributed by atoms with Gasteiger partial charge in [0.2, 0.25) is 0 Å². The zero-order chi connectivity index (χ0) is 13.1. The van der Waals surface area contributed by atoms with Gasteiger partial charge in [0, 0.05) is 12.2 Å². The van der Waals surface area contributed by atoms with Crippen LogP contribution in [0.5, 0.6) is 0 Å². The summed E-state index contributed by atoms with van der Waals surface area (Å²) in [7, 11) is 0. The molecular formula is C13H18FNO2. The smallest absolute Gasteiger partial charge is 0.305 e. The van der Waals surface area contributed by atoms with Gasteiger partial charge < -0.3 is 10.4 Å². The summed E-state index contributed by atoms with van der Waals surface area (Å²) < 4.78 is 13.7. The number of hydrogen-bond donors (Lipinski definition) is 2. The van der Waals surface area contributed by atoms with Crippen LogP contribution in [0.2, 0.25) is 0 Å². The first-order valence-corrected chi connectivity index (χ1v) is 5.56. The minimum atomic E-state index is -1.36. The molecule has 0 amide bonds. The van der Waals surface area contributed by atoms with Gasteiger partial charge in [0.1, 0.15) is 5.67 Å². The van der Waals surface area contributed by atoms with Gasteiger partial charge in [-0.15, -0.1) is 0 Å². The van der Waals surface area contributed by atoms with Crippen LogP contribution >= 0.6 is 0 Å². The molecule has 0 bridgehead atoms. The number of halogens is 1. The van der Waals surface area contributed by atoms with Crippen LogP contribution in [0.25, 0.3) is 0 Å². The largest absolute Gasteiger partial charge is 0.481 e. The third kappa shape index (κ3) is 4.06. The van der Waals surface area contributed by atoms with E-state index in [1.807, 2.05) is 6.92 Å². The van der Waals surface area contributed by atoms with Crippen LogP contribution < -0.4 is 5.32 Å². The Balaban J connectivity index is 2.73. The van der Waals surface area contributed by atoms with E-state index >= 15 is 0 Å². The summed E-state index contributed by atoms with van der Waals surface area (Å²) in [4.78, 5) is 10.4. The van der Waals surface area contributed by atoms with Crippen LogP contribution in [0.1, 0.15) is 31.4 Å². The van der Waals surface area contributed by atoms with E-state index < -0.39 is 11.6 Å². The Morgan fingerprint density at radius 2 is 2.12 bits per heavy atom. The fourth-order valence-electron chi connectivity index (χ4n) is 1.54. The lowest BCUT2D eigenvalue weighted by Gasteiger charge is -2.17. The number of aryl methyl sites for hydroxylation is 1. The topological polar surface area (TPSA) is 49.3 Å². The molecule has 2 N–H and O–H groups in total. The molecule has 0 fully saturated rings. The molecule has 94 valence electrons. The van der Waals surface area contributed by atoms with Crippen LogP contribution in [-0.4, -0.2) is 17.6 Å². The molecule has 0 saturated heterocycles. The summed E-state index contributed by atoms with van der Waals surface area (Å²) in [5.41, 5.74) is 1.03. The number of rotatable bonds is 5. The standard InChI is InChI=1S/C13H18FNO2/c1-9-8-10(13(2,3)14)4-5-11(9)15-7-6-12(16)17/h4-5,8,15H,6-7H2,1-3H3,(H,16,17). The number of nitrogens with one attached hydrogen (secondary N) is 1. The van der Waals surface area contributed by atoms with Gasteiger partial charge in [-0.3, -0.25) is 4.79 Å². The van der Waals surface area contributed by atoms with E-state index in [0.29, 0.717) is 12.1 Å². The molecule has 1 aromatic carbocycles. The molecule has 0 atom stereocenters. The van der Waals surface area contributed by atoms with Crippen molar-refractivity contribution in [3.8, 4) is 0 Å². The van der Waals surface area contributed by atoms with Crippen molar-refractivity contribution in [1.82, 2.24) is 0 Å². The quantitative estimate of drug-likeness (QED) is 0.830. The predicted molar refractivity (Wildman–Crippen MR) is 66.1 cm³/mol. The summed E-state index contributed by atoms with van der Waals surface area (Å²) in [5.74, 6) is -0.836. The van der Waals surface area contributed by atoms with Crippen LogP contribution in [-0.2, 0) is 10.5 Å². The number of alkyl halides is 1.